The Balaban J connectivity index is 2.12. The van der Waals surface area contributed by atoms with E-state index >= 15 is 0 Å². The van der Waals surface area contributed by atoms with Gasteiger partial charge in [-0.2, -0.15) is 0 Å². The molecule has 0 aliphatic carbocycles. The van der Waals surface area contributed by atoms with Crippen LogP contribution in [0.1, 0.15) is 43.4 Å². The third-order valence-corrected chi connectivity index (χ3v) is 8.94. The van der Waals surface area contributed by atoms with Gasteiger partial charge in [0.15, 0.2) is 11.5 Å². The van der Waals surface area contributed by atoms with Crippen molar-refractivity contribution < 1.29 is 27.5 Å². The van der Waals surface area contributed by atoms with Gasteiger partial charge in [-0.25, -0.2) is 8.42 Å². The van der Waals surface area contributed by atoms with Crippen LogP contribution in [0, 0.1) is 13.8 Å². The van der Waals surface area contributed by atoms with Gasteiger partial charge in [-0.3, -0.25) is 13.9 Å². The molecular formula is C32H40ClN3O6S. The second-order valence-corrected chi connectivity index (χ2v) is 12.5. The Hall–Kier alpha value is -3.76. The van der Waals surface area contributed by atoms with E-state index in [9.17, 15) is 18.0 Å². The number of halogens is 1. The standard InChI is InChI=1S/C32H40ClN3O6S/c1-7-15-34-32(38)28(8-2)35(20-24-9-11-25(33)12-10-24)31(37)21-36(26-17-22(3)16-23(4)18-26)43(39,40)27-13-14-29(41-5)30(19-27)42-6/h9-14,16-19,28H,7-8,15,20-21H2,1-6H3,(H,34,38). The molecule has 43 heavy (non-hydrogen) atoms. The smallest absolute Gasteiger partial charge is 0.264 e. The average Bonchev–Trinajstić information content (AvgIpc) is 2.98. The molecule has 3 aromatic rings. The van der Waals surface area contributed by atoms with Gasteiger partial charge in [0.2, 0.25) is 11.8 Å². The van der Waals surface area contributed by atoms with Crippen LogP contribution in [0.15, 0.2) is 65.6 Å². The number of anilines is 1. The fourth-order valence-electron chi connectivity index (χ4n) is 4.80. The molecule has 0 heterocycles. The number of benzene rings is 3. The van der Waals surface area contributed by atoms with Crippen molar-refractivity contribution in [3.63, 3.8) is 0 Å². The Morgan fingerprint density at radius 1 is 0.907 bits per heavy atom. The van der Waals surface area contributed by atoms with Crippen molar-refractivity contribution in [2.24, 2.45) is 0 Å². The van der Waals surface area contributed by atoms with Gasteiger partial charge in [-0.15, -0.1) is 0 Å². The summed E-state index contributed by atoms with van der Waals surface area (Å²) in [4.78, 5) is 28.8. The minimum absolute atomic E-state index is 0.0749. The number of rotatable bonds is 14. The molecule has 0 aliphatic rings. The zero-order valence-electron chi connectivity index (χ0n) is 25.5. The highest BCUT2D eigenvalue weighted by Gasteiger charge is 2.34. The Labute approximate surface area is 259 Å². The number of amides is 2. The van der Waals surface area contributed by atoms with E-state index in [2.05, 4.69) is 5.32 Å². The van der Waals surface area contributed by atoms with Gasteiger partial charge in [-0.1, -0.05) is 43.6 Å². The maximum Gasteiger partial charge on any atom is 0.264 e. The number of hydrogen-bond donors (Lipinski definition) is 1. The number of sulfonamides is 1. The summed E-state index contributed by atoms with van der Waals surface area (Å²) in [5, 5.41) is 3.42. The molecule has 232 valence electrons. The zero-order valence-corrected chi connectivity index (χ0v) is 27.1. The molecule has 0 radical (unpaired) electrons. The molecule has 0 aliphatic heterocycles. The van der Waals surface area contributed by atoms with Gasteiger partial charge in [0, 0.05) is 24.2 Å². The highest BCUT2D eigenvalue weighted by atomic mass is 35.5. The van der Waals surface area contributed by atoms with E-state index in [-0.39, 0.29) is 23.1 Å². The summed E-state index contributed by atoms with van der Waals surface area (Å²) in [6.07, 6.45) is 1.07. The van der Waals surface area contributed by atoms with Crippen LogP contribution in [-0.4, -0.2) is 58.5 Å². The van der Waals surface area contributed by atoms with Crippen LogP contribution in [0.2, 0.25) is 5.02 Å². The van der Waals surface area contributed by atoms with Gasteiger partial charge < -0.3 is 19.7 Å². The molecule has 0 bridgehead atoms. The fourth-order valence-corrected chi connectivity index (χ4v) is 6.34. The molecule has 0 spiro atoms. The summed E-state index contributed by atoms with van der Waals surface area (Å²) in [6, 6.07) is 15.8. The second-order valence-electron chi connectivity index (χ2n) is 10.2. The topological polar surface area (TPSA) is 105 Å². The first-order chi connectivity index (χ1) is 20.4. The molecule has 2 amide bonds. The van der Waals surface area contributed by atoms with Crippen LogP contribution >= 0.6 is 11.6 Å². The van der Waals surface area contributed by atoms with E-state index in [1.807, 2.05) is 33.8 Å². The summed E-state index contributed by atoms with van der Waals surface area (Å²) in [5.74, 6) is -0.226. The number of ether oxygens (including phenoxy) is 2. The first kappa shape index (κ1) is 33.7. The molecule has 0 saturated carbocycles. The van der Waals surface area contributed by atoms with Crippen molar-refractivity contribution in [1.82, 2.24) is 10.2 Å². The van der Waals surface area contributed by atoms with Crippen LogP contribution in [0.5, 0.6) is 11.5 Å². The minimum atomic E-state index is -4.29. The lowest BCUT2D eigenvalue weighted by Crippen LogP contribution is -2.52. The van der Waals surface area contributed by atoms with Crippen LogP contribution in [0.4, 0.5) is 5.69 Å². The summed E-state index contributed by atoms with van der Waals surface area (Å²) in [7, 11) is -1.41. The highest BCUT2D eigenvalue weighted by molar-refractivity contribution is 7.92. The number of methoxy groups -OCH3 is 2. The third-order valence-electron chi connectivity index (χ3n) is 6.92. The monoisotopic (exact) mass is 629 g/mol. The maximum atomic E-state index is 14.3. The van der Waals surface area contributed by atoms with Crippen LogP contribution in [-0.2, 0) is 26.2 Å². The van der Waals surface area contributed by atoms with Crippen LogP contribution in [0.3, 0.4) is 0 Å². The van der Waals surface area contributed by atoms with Gasteiger partial charge in [0.1, 0.15) is 12.6 Å². The van der Waals surface area contributed by atoms with Gasteiger partial charge in [0.25, 0.3) is 10.0 Å². The maximum absolute atomic E-state index is 14.3. The molecule has 9 nitrogen and oxygen atoms in total. The number of hydrogen-bond acceptors (Lipinski definition) is 6. The quantitative estimate of drug-likeness (QED) is 0.252. The summed E-state index contributed by atoms with van der Waals surface area (Å²) in [6.45, 7) is 7.49. The molecule has 0 saturated heterocycles. The second kappa shape index (κ2) is 15.1. The Bertz CT molecular complexity index is 1510. The highest BCUT2D eigenvalue weighted by Crippen LogP contribution is 2.33. The van der Waals surface area contributed by atoms with E-state index < -0.39 is 28.5 Å². The lowest BCUT2D eigenvalue weighted by molar-refractivity contribution is -0.140. The van der Waals surface area contributed by atoms with E-state index in [1.165, 1.54) is 37.3 Å². The Morgan fingerprint density at radius 2 is 1.53 bits per heavy atom. The summed E-state index contributed by atoms with van der Waals surface area (Å²) < 4.78 is 40.2. The van der Waals surface area contributed by atoms with Crippen molar-refractivity contribution >= 4 is 39.1 Å². The largest absolute Gasteiger partial charge is 0.493 e. The Morgan fingerprint density at radius 3 is 2.09 bits per heavy atom. The van der Waals surface area contributed by atoms with Crippen molar-refractivity contribution in [3.05, 3.63) is 82.4 Å². The predicted molar refractivity (Wildman–Crippen MR) is 169 cm³/mol. The number of carbonyl (C=O) groups excluding carboxylic acids is 2. The molecule has 1 unspecified atom stereocenters. The van der Waals surface area contributed by atoms with E-state index in [1.54, 1.807) is 36.4 Å². The van der Waals surface area contributed by atoms with Crippen molar-refractivity contribution in [2.75, 3.05) is 31.6 Å². The number of nitrogens with zero attached hydrogens (tertiary/aromatic N) is 2. The summed E-state index contributed by atoms with van der Waals surface area (Å²) >= 11 is 6.08. The average molecular weight is 630 g/mol. The first-order valence-corrected chi connectivity index (χ1v) is 15.9. The first-order valence-electron chi connectivity index (χ1n) is 14.1. The van der Waals surface area contributed by atoms with Gasteiger partial charge in [-0.05, 0) is 79.8 Å². The van der Waals surface area contributed by atoms with Gasteiger partial charge >= 0.3 is 0 Å². The normalized spacial score (nSPS) is 11.9. The van der Waals surface area contributed by atoms with E-state index in [4.69, 9.17) is 21.1 Å². The minimum Gasteiger partial charge on any atom is -0.493 e. The van der Waals surface area contributed by atoms with E-state index in [0.717, 1.165) is 27.4 Å². The van der Waals surface area contributed by atoms with E-state index in [0.29, 0.717) is 29.4 Å². The molecule has 0 aromatic heterocycles. The number of aryl methyl sites for hydroxylation is 2. The molecule has 3 aromatic carbocycles. The molecule has 1 N–H and O–H groups in total. The molecular weight excluding hydrogens is 590 g/mol. The molecule has 11 heteroatoms. The lowest BCUT2D eigenvalue weighted by Gasteiger charge is -2.33. The third kappa shape index (κ3) is 8.42. The predicted octanol–water partition coefficient (Wildman–Crippen LogP) is 5.50. The van der Waals surface area contributed by atoms with Crippen LogP contribution < -0.4 is 19.1 Å². The van der Waals surface area contributed by atoms with Crippen molar-refractivity contribution in [2.45, 2.75) is 58.0 Å². The van der Waals surface area contributed by atoms with Crippen molar-refractivity contribution in [3.8, 4) is 11.5 Å². The SMILES string of the molecule is CCCNC(=O)C(CC)N(Cc1ccc(Cl)cc1)C(=O)CN(c1cc(C)cc(C)c1)S(=O)(=O)c1ccc(OC)c(OC)c1. The fraction of sp³-hybridized carbons (Fsp3) is 0.375. The number of nitrogens with one attached hydrogen (secondary N) is 1. The Kier molecular flexibility index (Phi) is 11.9. The zero-order chi connectivity index (χ0) is 31.7. The van der Waals surface area contributed by atoms with Crippen LogP contribution in [0.25, 0.3) is 0 Å². The van der Waals surface area contributed by atoms with Gasteiger partial charge in [0.05, 0.1) is 24.8 Å². The van der Waals surface area contributed by atoms with Crippen molar-refractivity contribution in [1.29, 1.82) is 0 Å². The molecule has 0 fully saturated rings. The summed E-state index contributed by atoms with van der Waals surface area (Å²) in [5.41, 5.74) is 2.74. The molecule has 1 atom stereocenters. The number of carbonyl (C=O) groups is 2. The lowest BCUT2D eigenvalue weighted by atomic mass is 10.1. The molecule has 3 rings (SSSR count).